The van der Waals surface area contributed by atoms with Gasteiger partial charge in [0.25, 0.3) is 10.0 Å². The van der Waals surface area contributed by atoms with Crippen LogP contribution in [0.2, 0.25) is 5.02 Å². The summed E-state index contributed by atoms with van der Waals surface area (Å²) < 4.78 is 42.7. The number of unbranched alkanes of at least 4 members (excludes halogenated alkanes) is 1. The van der Waals surface area contributed by atoms with Crippen LogP contribution in [0.25, 0.3) is 0 Å². The SMILES string of the molecule is CCCCNC(=O)[C@@H](Cc1ccccc1)N(Cc1ccc(F)cc1)C(=O)CN(c1ccccc1Cl)S(=O)(=O)c1ccccc1. The monoisotopic (exact) mass is 635 g/mol. The van der Waals surface area contributed by atoms with Crippen LogP contribution in [0.5, 0.6) is 0 Å². The molecule has 2 amide bonds. The molecule has 0 radical (unpaired) electrons. The zero-order chi connectivity index (χ0) is 31.5. The third-order valence-corrected chi connectivity index (χ3v) is 9.19. The molecular formula is C34H35ClFN3O4S. The van der Waals surface area contributed by atoms with Gasteiger partial charge in [0.2, 0.25) is 11.8 Å². The summed E-state index contributed by atoms with van der Waals surface area (Å²) in [6, 6.07) is 28.1. The molecule has 0 aliphatic heterocycles. The van der Waals surface area contributed by atoms with Crippen molar-refractivity contribution in [3.63, 3.8) is 0 Å². The fraction of sp³-hybridized carbons (Fsp3) is 0.235. The minimum atomic E-state index is -4.25. The molecule has 10 heteroatoms. The van der Waals surface area contributed by atoms with E-state index < -0.39 is 34.3 Å². The number of benzene rings is 4. The zero-order valence-electron chi connectivity index (χ0n) is 24.4. The van der Waals surface area contributed by atoms with Crippen LogP contribution in [-0.2, 0) is 32.6 Å². The van der Waals surface area contributed by atoms with Gasteiger partial charge in [0.15, 0.2) is 0 Å². The highest BCUT2D eigenvalue weighted by Gasteiger charge is 2.35. The van der Waals surface area contributed by atoms with Crippen molar-refractivity contribution in [2.75, 3.05) is 17.4 Å². The lowest BCUT2D eigenvalue weighted by molar-refractivity contribution is -0.140. The maximum absolute atomic E-state index is 14.4. The van der Waals surface area contributed by atoms with Crippen LogP contribution < -0.4 is 9.62 Å². The largest absolute Gasteiger partial charge is 0.354 e. The lowest BCUT2D eigenvalue weighted by atomic mass is 10.0. The Morgan fingerprint density at radius 3 is 2.09 bits per heavy atom. The molecule has 0 saturated heterocycles. The van der Waals surface area contributed by atoms with E-state index in [-0.39, 0.29) is 34.5 Å². The Morgan fingerprint density at radius 2 is 1.45 bits per heavy atom. The van der Waals surface area contributed by atoms with Crippen LogP contribution in [0, 0.1) is 5.82 Å². The number of nitrogens with zero attached hydrogens (tertiary/aromatic N) is 2. The molecule has 4 aromatic rings. The first-order valence-electron chi connectivity index (χ1n) is 14.4. The van der Waals surface area contributed by atoms with Crippen molar-refractivity contribution in [2.45, 2.75) is 43.7 Å². The number of amides is 2. The number of hydrogen-bond acceptors (Lipinski definition) is 4. The predicted octanol–water partition coefficient (Wildman–Crippen LogP) is 6.23. The van der Waals surface area contributed by atoms with E-state index >= 15 is 0 Å². The van der Waals surface area contributed by atoms with E-state index in [9.17, 15) is 22.4 Å². The number of halogens is 2. The molecule has 1 N–H and O–H groups in total. The van der Waals surface area contributed by atoms with Gasteiger partial charge in [-0.2, -0.15) is 0 Å². The Labute approximate surface area is 263 Å². The number of carbonyl (C=O) groups excluding carboxylic acids is 2. The van der Waals surface area contributed by atoms with Gasteiger partial charge in [0.1, 0.15) is 18.4 Å². The Morgan fingerprint density at radius 1 is 0.841 bits per heavy atom. The molecule has 0 spiro atoms. The molecule has 0 aromatic heterocycles. The molecule has 4 aromatic carbocycles. The Bertz CT molecular complexity index is 1640. The van der Waals surface area contributed by atoms with Crippen LogP contribution in [0.4, 0.5) is 10.1 Å². The van der Waals surface area contributed by atoms with Gasteiger partial charge in [-0.15, -0.1) is 0 Å². The highest BCUT2D eigenvalue weighted by molar-refractivity contribution is 7.92. The third-order valence-electron chi connectivity index (χ3n) is 7.10. The number of nitrogens with one attached hydrogen (secondary N) is 1. The molecule has 1 atom stereocenters. The average molecular weight is 636 g/mol. The van der Waals surface area contributed by atoms with Gasteiger partial charge < -0.3 is 10.2 Å². The van der Waals surface area contributed by atoms with E-state index in [2.05, 4.69) is 5.32 Å². The third kappa shape index (κ3) is 8.45. The Balaban J connectivity index is 1.78. The first kappa shape index (κ1) is 32.7. The molecule has 4 rings (SSSR count). The standard InChI is InChI=1S/C34H35ClFN3O4S/c1-2-3-22-37-34(41)32(23-26-12-6-4-7-13-26)38(24-27-18-20-28(36)21-19-27)33(40)25-39(31-17-11-10-16-30(31)35)44(42,43)29-14-8-5-9-15-29/h4-21,32H,2-3,22-25H2,1H3,(H,37,41)/t32-/m1/s1. The van der Waals surface area contributed by atoms with Crippen molar-refractivity contribution < 1.29 is 22.4 Å². The summed E-state index contributed by atoms with van der Waals surface area (Å²) >= 11 is 6.48. The van der Waals surface area contributed by atoms with Crippen molar-refractivity contribution in [2.24, 2.45) is 0 Å². The summed E-state index contributed by atoms with van der Waals surface area (Å²) in [7, 11) is -4.25. The minimum absolute atomic E-state index is 0.0176. The molecule has 7 nitrogen and oxygen atoms in total. The lowest BCUT2D eigenvalue weighted by Gasteiger charge is -2.34. The highest BCUT2D eigenvalue weighted by atomic mass is 35.5. The van der Waals surface area contributed by atoms with Crippen LogP contribution >= 0.6 is 11.6 Å². The number of sulfonamides is 1. The summed E-state index contributed by atoms with van der Waals surface area (Å²) in [6.45, 7) is 1.75. The molecule has 44 heavy (non-hydrogen) atoms. The van der Waals surface area contributed by atoms with Gasteiger partial charge in [0.05, 0.1) is 15.6 Å². The Kier molecular flexibility index (Phi) is 11.5. The number of anilines is 1. The van der Waals surface area contributed by atoms with Crippen LogP contribution in [-0.4, -0.2) is 44.3 Å². The number of carbonyl (C=O) groups is 2. The number of para-hydroxylation sites is 1. The van der Waals surface area contributed by atoms with Crippen LogP contribution in [0.3, 0.4) is 0 Å². The predicted molar refractivity (Wildman–Crippen MR) is 171 cm³/mol. The second kappa shape index (κ2) is 15.5. The smallest absolute Gasteiger partial charge is 0.264 e. The van der Waals surface area contributed by atoms with Crippen LogP contribution in [0.1, 0.15) is 30.9 Å². The van der Waals surface area contributed by atoms with Crippen molar-refractivity contribution in [3.8, 4) is 0 Å². The number of rotatable bonds is 14. The zero-order valence-corrected chi connectivity index (χ0v) is 26.0. The first-order chi connectivity index (χ1) is 21.2. The maximum Gasteiger partial charge on any atom is 0.264 e. The first-order valence-corrected chi connectivity index (χ1v) is 16.2. The second-order valence-electron chi connectivity index (χ2n) is 10.3. The molecule has 0 unspecified atom stereocenters. The molecule has 0 aliphatic rings. The van der Waals surface area contributed by atoms with Crippen molar-refractivity contribution in [1.82, 2.24) is 10.2 Å². The second-order valence-corrected chi connectivity index (χ2v) is 12.5. The van der Waals surface area contributed by atoms with Gasteiger partial charge in [-0.1, -0.05) is 97.7 Å². The van der Waals surface area contributed by atoms with Crippen molar-refractivity contribution >= 4 is 39.1 Å². The average Bonchev–Trinajstić information content (AvgIpc) is 3.03. The van der Waals surface area contributed by atoms with E-state index in [1.807, 2.05) is 37.3 Å². The molecule has 0 fully saturated rings. The molecule has 0 heterocycles. The summed E-state index contributed by atoms with van der Waals surface area (Å²) in [5.41, 5.74) is 1.52. The lowest BCUT2D eigenvalue weighted by Crippen LogP contribution is -2.53. The molecule has 230 valence electrons. The fourth-order valence-corrected chi connectivity index (χ4v) is 6.48. The maximum atomic E-state index is 14.4. The van der Waals surface area contributed by atoms with E-state index in [0.717, 1.165) is 22.7 Å². The van der Waals surface area contributed by atoms with E-state index in [0.29, 0.717) is 12.1 Å². The van der Waals surface area contributed by atoms with Crippen molar-refractivity contribution in [3.05, 3.63) is 131 Å². The number of hydrogen-bond donors (Lipinski definition) is 1. The van der Waals surface area contributed by atoms with Crippen molar-refractivity contribution in [1.29, 1.82) is 0 Å². The molecular weight excluding hydrogens is 601 g/mol. The van der Waals surface area contributed by atoms with Crippen LogP contribution in [0.15, 0.2) is 114 Å². The fourth-order valence-electron chi connectivity index (χ4n) is 4.73. The van der Waals surface area contributed by atoms with Gasteiger partial charge in [-0.05, 0) is 53.9 Å². The normalized spacial score (nSPS) is 11.9. The molecule has 0 saturated carbocycles. The van der Waals surface area contributed by atoms with Gasteiger partial charge in [0, 0.05) is 19.5 Å². The van der Waals surface area contributed by atoms with E-state index in [1.54, 1.807) is 36.4 Å². The van der Waals surface area contributed by atoms with Gasteiger partial charge in [-0.25, -0.2) is 12.8 Å². The summed E-state index contributed by atoms with van der Waals surface area (Å²) in [6.07, 6.45) is 1.81. The Hall–Kier alpha value is -4.21. The van der Waals surface area contributed by atoms with Gasteiger partial charge >= 0.3 is 0 Å². The summed E-state index contributed by atoms with van der Waals surface area (Å²) in [5, 5.41) is 3.08. The minimum Gasteiger partial charge on any atom is -0.354 e. The summed E-state index contributed by atoms with van der Waals surface area (Å²) in [5.74, 6) is -1.43. The highest BCUT2D eigenvalue weighted by Crippen LogP contribution is 2.31. The molecule has 0 aliphatic carbocycles. The van der Waals surface area contributed by atoms with Gasteiger partial charge in [-0.3, -0.25) is 13.9 Å². The van der Waals surface area contributed by atoms with E-state index in [4.69, 9.17) is 11.6 Å². The molecule has 0 bridgehead atoms. The quantitative estimate of drug-likeness (QED) is 0.166. The summed E-state index contributed by atoms with van der Waals surface area (Å²) in [4.78, 5) is 29.4. The topological polar surface area (TPSA) is 86.8 Å². The van der Waals surface area contributed by atoms with E-state index in [1.165, 1.54) is 47.4 Å².